The van der Waals surface area contributed by atoms with E-state index in [1.807, 2.05) is 0 Å². The van der Waals surface area contributed by atoms with Crippen LogP contribution in [0.25, 0.3) is 0 Å². The highest BCUT2D eigenvalue weighted by molar-refractivity contribution is 5.92. The lowest BCUT2D eigenvalue weighted by Gasteiger charge is -2.42. The molecule has 4 rings (SSSR count). The van der Waals surface area contributed by atoms with Crippen LogP contribution in [0.15, 0.2) is 35.6 Å². The molecule has 0 spiro atoms. The van der Waals surface area contributed by atoms with E-state index in [9.17, 15) is 45.0 Å². The molecule has 0 bridgehead atoms. The van der Waals surface area contributed by atoms with Gasteiger partial charge in [0.2, 0.25) is 12.0 Å². The number of carbonyl (C=O) groups excluding carboxylic acids is 1. The Labute approximate surface area is 226 Å². The number of hydrogen-bond donors (Lipinski definition) is 6. The van der Waals surface area contributed by atoms with Gasteiger partial charge in [-0.2, -0.15) is 0 Å². The summed E-state index contributed by atoms with van der Waals surface area (Å²) in [5, 5.41) is 60.4. The molecule has 2 aliphatic heterocycles. The number of aliphatic hydroxyl groups excluding tert-OH is 3. The van der Waals surface area contributed by atoms with E-state index in [1.165, 1.54) is 32.4 Å². The van der Waals surface area contributed by atoms with Crippen LogP contribution >= 0.6 is 0 Å². The van der Waals surface area contributed by atoms with Crippen molar-refractivity contribution in [2.45, 2.75) is 43.4 Å². The maximum absolute atomic E-state index is 12.7. The van der Waals surface area contributed by atoms with Gasteiger partial charge in [-0.1, -0.05) is 6.08 Å². The number of carboxylic acids is 2. The quantitative estimate of drug-likeness (QED) is 0.204. The minimum Gasteiger partial charge on any atom is -0.502 e. The van der Waals surface area contributed by atoms with Crippen LogP contribution in [-0.4, -0.2) is 106 Å². The molecule has 0 unspecified atom stereocenters. The molecule has 2 heterocycles. The predicted octanol–water partition coefficient (Wildman–Crippen LogP) is -0.638. The number of aliphatic carboxylic acids is 2. The molecule has 3 aliphatic rings. The second-order valence-corrected chi connectivity index (χ2v) is 9.19. The number of rotatable bonds is 9. The first-order valence-electron chi connectivity index (χ1n) is 12.0. The van der Waals surface area contributed by atoms with Crippen LogP contribution in [0.1, 0.15) is 16.8 Å². The molecule has 0 radical (unpaired) electrons. The lowest BCUT2D eigenvalue weighted by Crippen LogP contribution is -2.60. The SMILES string of the molecule is COc1cc(C(=O)OC[C@H]2O[C@@H](O[C@@H]3OC=C(C(=O)O)[C@H]4CC=C(C(=O)O)[C@@H]34)[C@H](O)[C@@H](O)[C@@H]2O)cc(OC)c1O. The van der Waals surface area contributed by atoms with E-state index in [2.05, 4.69) is 0 Å². The van der Waals surface area contributed by atoms with Crippen LogP contribution in [0.2, 0.25) is 0 Å². The molecule has 15 heteroatoms. The molecule has 218 valence electrons. The zero-order valence-corrected chi connectivity index (χ0v) is 21.2. The Morgan fingerprint density at radius 3 is 2.12 bits per heavy atom. The normalized spacial score (nSPS) is 31.2. The van der Waals surface area contributed by atoms with Gasteiger partial charge in [0.25, 0.3) is 0 Å². The van der Waals surface area contributed by atoms with Crippen molar-refractivity contribution in [3.63, 3.8) is 0 Å². The van der Waals surface area contributed by atoms with Crippen molar-refractivity contribution in [3.05, 3.63) is 41.2 Å². The maximum atomic E-state index is 12.7. The fraction of sp³-hybridized carbons (Fsp3) is 0.480. The monoisotopic (exact) mass is 568 g/mol. The number of aromatic hydroxyl groups is 1. The molecule has 0 amide bonds. The minimum atomic E-state index is -1.84. The van der Waals surface area contributed by atoms with Crippen molar-refractivity contribution < 1.29 is 73.4 Å². The Hall–Kier alpha value is -3.89. The number of phenolic OH excluding ortho intramolecular Hbond substituents is 1. The van der Waals surface area contributed by atoms with E-state index < -0.39 is 73.3 Å². The van der Waals surface area contributed by atoms with Crippen molar-refractivity contribution in [2.24, 2.45) is 11.8 Å². The van der Waals surface area contributed by atoms with Crippen molar-refractivity contribution >= 4 is 17.9 Å². The summed E-state index contributed by atoms with van der Waals surface area (Å²) in [4.78, 5) is 36.0. The van der Waals surface area contributed by atoms with Crippen LogP contribution < -0.4 is 9.47 Å². The van der Waals surface area contributed by atoms with Gasteiger partial charge in [0.15, 0.2) is 17.8 Å². The van der Waals surface area contributed by atoms with Crippen LogP contribution in [0.3, 0.4) is 0 Å². The molecule has 1 aromatic rings. The molecule has 1 aliphatic carbocycles. The van der Waals surface area contributed by atoms with Gasteiger partial charge < -0.3 is 59.1 Å². The highest BCUT2D eigenvalue weighted by atomic mass is 16.8. The summed E-state index contributed by atoms with van der Waals surface area (Å²) in [6.45, 7) is -0.629. The van der Waals surface area contributed by atoms with Gasteiger partial charge >= 0.3 is 17.9 Å². The number of ether oxygens (including phenoxy) is 6. The van der Waals surface area contributed by atoms with Crippen LogP contribution in [-0.2, 0) is 28.5 Å². The standard InChI is InChI=1S/C25H28O15/c1-35-13-5-9(6-14(36-2)17(13)26)23(34)37-8-15-18(27)19(28)20(29)25(39-15)40-24-16-10(3-4-11(16)21(30)31)12(7-38-24)22(32)33/h4-7,10,15-16,18-20,24-29H,3,8H2,1-2H3,(H,30,31)(H,32,33)/t10-,15-,16+,18-,19+,20-,24+,25+/m1/s1. The van der Waals surface area contributed by atoms with Crippen LogP contribution in [0.4, 0.5) is 0 Å². The number of fused-ring (bicyclic) bond motifs is 1. The molecule has 0 aromatic heterocycles. The number of aliphatic hydroxyl groups is 3. The van der Waals surface area contributed by atoms with Crippen molar-refractivity contribution in [1.82, 2.24) is 0 Å². The molecule has 1 saturated heterocycles. The first-order chi connectivity index (χ1) is 19.0. The van der Waals surface area contributed by atoms with Gasteiger partial charge in [0, 0.05) is 11.5 Å². The molecule has 8 atom stereocenters. The van der Waals surface area contributed by atoms with Gasteiger partial charge in [0.1, 0.15) is 31.0 Å². The summed E-state index contributed by atoms with van der Waals surface area (Å²) in [5.41, 5.74) is -0.398. The molecular weight excluding hydrogens is 540 g/mol. The van der Waals surface area contributed by atoms with Gasteiger partial charge in [-0.25, -0.2) is 14.4 Å². The number of hydrogen-bond acceptors (Lipinski definition) is 13. The summed E-state index contributed by atoms with van der Waals surface area (Å²) in [6, 6.07) is 2.38. The zero-order chi connectivity index (χ0) is 29.3. The number of phenols is 1. The molecule has 1 fully saturated rings. The van der Waals surface area contributed by atoms with E-state index in [1.54, 1.807) is 0 Å². The van der Waals surface area contributed by atoms with Gasteiger partial charge in [-0.05, 0) is 18.6 Å². The average Bonchev–Trinajstić information content (AvgIpc) is 3.38. The third-order valence-electron chi connectivity index (χ3n) is 6.93. The maximum Gasteiger partial charge on any atom is 0.338 e. The van der Waals surface area contributed by atoms with Gasteiger partial charge in [0.05, 0.1) is 37.5 Å². The van der Waals surface area contributed by atoms with Gasteiger partial charge in [-0.3, -0.25) is 0 Å². The lowest BCUT2D eigenvalue weighted by molar-refractivity contribution is -0.339. The van der Waals surface area contributed by atoms with E-state index >= 15 is 0 Å². The van der Waals surface area contributed by atoms with E-state index in [-0.39, 0.29) is 40.4 Å². The fourth-order valence-electron chi connectivity index (χ4n) is 4.83. The first kappa shape index (κ1) is 29.1. The topological polar surface area (TPSA) is 228 Å². The van der Waals surface area contributed by atoms with Crippen LogP contribution in [0.5, 0.6) is 17.2 Å². The number of benzene rings is 1. The van der Waals surface area contributed by atoms with E-state index in [0.717, 1.165) is 6.26 Å². The Bertz CT molecular complexity index is 1200. The summed E-state index contributed by atoms with van der Waals surface area (Å²) < 4.78 is 31.8. The summed E-state index contributed by atoms with van der Waals surface area (Å²) >= 11 is 0. The Morgan fingerprint density at radius 1 is 0.925 bits per heavy atom. The first-order valence-corrected chi connectivity index (χ1v) is 12.0. The third kappa shape index (κ3) is 5.41. The predicted molar refractivity (Wildman–Crippen MR) is 127 cm³/mol. The smallest absolute Gasteiger partial charge is 0.338 e. The molecular formula is C25H28O15. The molecule has 15 nitrogen and oxygen atoms in total. The largest absolute Gasteiger partial charge is 0.502 e. The van der Waals surface area contributed by atoms with Crippen molar-refractivity contribution in [3.8, 4) is 17.2 Å². The molecule has 0 saturated carbocycles. The molecule has 6 N–H and O–H groups in total. The highest BCUT2D eigenvalue weighted by Crippen LogP contribution is 2.44. The van der Waals surface area contributed by atoms with Crippen LogP contribution in [0, 0.1) is 11.8 Å². The number of carboxylic acid groups (broad SMARTS) is 2. The Balaban J connectivity index is 1.49. The number of esters is 1. The minimum absolute atomic E-state index is 0.0696. The third-order valence-corrected chi connectivity index (χ3v) is 6.93. The Morgan fingerprint density at radius 2 is 1.55 bits per heavy atom. The van der Waals surface area contributed by atoms with Crippen molar-refractivity contribution in [2.75, 3.05) is 20.8 Å². The lowest BCUT2D eigenvalue weighted by atomic mass is 9.83. The average molecular weight is 568 g/mol. The summed E-state index contributed by atoms with van der Waals surface area (Å²) in [6.07, 6.45) is -7.58. The van der Waals surface area contributed by atoms with Gasteiger partial charge in [-0.15, -0.1) is 0 Å². The number of allylic oxidation sites excluding steroid dienone is 1. The second-order valence-electron chi connectivity index (χ2n) is 9.19. The van der Waals surface area contributed by atoms with Crippen molar-refractivity contribution in [1.29, 1.82) is 0 Å². The molecule has 1 aromatic carbocycles. The summed E-state index contributed by atoms with van der Waals surface area (Å²) in [7, 11) is 2.53. The number of carbonyl (C=O) groups is 3. The van der Waals surface area contributed by atoms with E-state index in [0.29, 0.717) is 0 Å². The zero-order valence-electron chi connectivity index (χ0n) is 21.2. The second kappa shape index (κ2) is 11.7. The fourth-order valence-corrected chi connectivity index (χ4v) is 4.83. The summed E-state index contributed by atoms with van der Waals surface area (Å²) in [5.74, 6) is -5.91. The Kier molecular flexibility index (Phi) is 8.51. The highest BCUT2D eigenvalue weighted by Gasteiger charge is 2.51. The molecule has 40 heavy (non-hydrogen) atoms. The van der Waals surface area contributed by atoms with E-state index in [4.69, 9.17) is 28.4 Å². The number of methoxy groups -OCH3 is 2.